The van der Waals surface area contributed by atoms with Crippen molar-refractivity contribution in [1.82, 2.24) is 0 Å². The lowest BCUT2D eigenvalue weighted by atomic mass is 10.0. The van der Waals surface area contributed by atoms with E-state index < -0.39 is 0 Å². The molecule has 106 heavy (non-hydrogen) atoms. The first-order valence-electron chi connectivity index (χ1n) is 35.8. The topological polar surface area (TPSA) is 13.0 Å². The van der Waals surface area contributed by atoms with Crippen LogP contribution in [-0.4, -0.2) is 0 Å². The van der Waals surface area contributed by atoms with Crippen molar-refractivity contribution in [2.75, 3.05) is 19.6 Å². The van der Waals surface area contributed by atoms with E-state index in [1.165, 1.54) is 92.6 Å². The molecule has 0 aliphatic carbocycles. The van der Waals surface area contributed by atoms with Gasteiger partial charge in [0.05, 0.1) is 5.69 Å². The van der Waals surface area contributed by atoms with Gasteiger partial charge in [0.25, 0.3) is 0 Å². The smallest absolute Gasteiger partial charge is 0.0647 e. The van der Waals surface area contributed by atoms with Crippen LogP contribution in [0.15, 0.2) is 435 Å². The summed E-state index contributed by atoms with van der Waals surface area (Å²) in [6, 6.07) is 152. The molecular weight excluding hydrogens is 1320 g/mol. The molecule has 6 heteroatoms. The predicted molar refractivity (Wildman–Crippen MR) is 455 cm³/mol. The van der Waals surface area contributed by atoms with Crippen molar-refractivity contribution in [3.63, 3.8) is 0 Å². The van der Waals surface area contributed by atoms with Gasteiger partial charge >= 0.3 is 0 Å². The molecular formula is C100H72N4S2. The van der Waals surface area contributed by atoms with E-state index >= 15 is 0 Å². The summed E-state index contributed by atoms with van der Waals surface area (Å²) in [7, 11) is 0. The number of hydrogen-bond donors (Lipinski definition) is 0. The van der Waals surface area contributed by atoms with E-state index in [4.69, 9.17) is 0 Å². The lowest BCUT2D eigenvalue weighted by molar-refractivity contribution is 1.28. The molecule has 0 spiro atoms. The normalized spacial score (nSPS) is 11.0. The van der Waals surface area contributed by atoms with Gasteiger partial charge in [-0.15, -0.1) is 22.7 Å². The summed E-state index contributed by atoms with van der Waals surface area (Å²) in [6.07, 6.45) is 0. The van der Waals surface area contributed by atoms with Crippen LogP contribution in [0.2, 0.25) is 0 Å². The molecule has 0 saturated carbocycles. The Bertz CT molecular complexity index is 5700. The maximum atomic E-state index is 2.36. The molecule has 0 fully saturated rings. The summed E-state index contributed by atoms with van der Waals surface area (Å²) < 4.78 is 2.58. The summed E-state index contributed by atoms with van der Waals surface area (Å²) in [6.45, 7) is 0. The molecule has 0 saturated heterocycles. The molecule has 504 valence electrons. The molecule has 2 aromatic heterocycles. The summed E-state index contributed by atoms with van der Waals surface area (Å²) in [4.78, 5) is 9.35. The maximum absolute atomic E-state index is 2.36. The third-order valence-electron chi connectivity index (χ3n) is 19.5. The highest BCUT2D eigenvalue weighted by Crippen LogP contribution is 2.45. The number of benzene rings is 16. The van der Waals surface area contributed by atoms with Gasteiger partial charge in [-0.25, -0.2) is 0 Å². The maximum Gasteiger partial charge on any atom is 0.0647 e. The lowest BCUT2D eigenvalue weighted by Crippen LogP contribution is -2.10. The fourth-order valence-electron chi connectivity index (χ4n) is 14.1. The standard InChI is InChI=1S/2C50H36N2S/c1-4-12-37(13-5-1)39-20-28-44(29-21-39)51(45-30-22-40(23-31-45)38-14-6-2-7-15-38)46-32-24-41(25-33-46)42-26-34-47(35-27-42)52(43-16-8-3-9-17-43)49-36-53-50-19-11-10-18-48(49)50;1-4-10-37(11-5-1)39-16-24-45(25-17-39)51(46-26-18-40(19-27-46)38-12-6-2-7-13-38)47-28-20-41(21-29-47)42-22-30-48(31-23-42)52(44-14-8-3-9-15-44)49-32-33-50-43(36-49)34-35-53-50/h2*1-36H. The number of hydrogen-bond acceptors (Lipinski definition) is 6. The average Bonchev–Trinajstić information content (AvgIpc) is 1.39. The highest BCUT2D eigenvalue weighted by atomic mass is 32.1. The Morgan fingerprint density at radius 2 is 0.396 bits per heavy atom. The van der Waals surface area contributed by atoms with Gasteiger partial charge in [-0.05, 0) is 229 Å². The van der Waals surface area contributed by atoms with Crippen LogP contribution in [0.3, 0.4) is 0 Å². The van der Waals surface area contributed by atoms with Gasteiger partial charge in [0, 0.05) is 82.7 Å². The van der Waals surface area contributed by atoms with Crippen molar-refractivity contribution in [3.8, 4) is 66.8 Å². The van der Waals surface area contributed by atoms with Crippen LogP contribution in [0.25, 0.3) is 86.9 Å². The molecule has 0 atom stereocenters. The van der Waals surface area contributed by atoms with Crippen LogP contribution in [-0.2, 0) is 0 Å². The highest BCUT2D eigenvalue weighted by Gasteiger charge is 2.20. The molecule has 0 aliphatic rings. The van der Waals surface area contributed by atoms with Gasteiger partial charge in [0.15, 0.2) is 0 Å². The summed E-state index contributed by atoms with van der Waals surface area (Å²) in [5.74, 6) is 0. The first-order chi connectivity index (χ1) is 52.5. The zero-order valence-corrected chi connectivity index (χ0v) is 59.8. The fraction of sp³-hybridized carbons (Fsp3) is 0. The van der Waals surface area contributed by atoms with Crippen LogP contribution in [0.5, 0.6) is 0 Å². The van der Waals surface area contributed by atoms with Crippen molar-refractivity contribution >= 4 is 111 Å². The Hall–Kier alpha value is -13.4. The SMILES string of the molecule is c1ccc(-c2ccc(N(c3ccc(-c4ccccc4)cc3)c3ccc(-c4ccc(N(c5ccccc5)c5ccc6sccc6c5)cc4)cc3)cc2)cc1.c1ccc(-c2ccc(N(c3ccc(-c4ccccc4)cc3)c3ccc(-c4ccc(N(c5ccccc5)c5csc6ccccc56)cc4)cc3)cc2)cc1. The van der Waals surface area contributed by atoms with E-state index in [-0.39, 0.29) is 0 Å². The molecule has 18 rings (SSSR count). The van der Waals surface area contributed by atoms with Crippen LogP contribution in [0.1, 0.15) is 0 Å². The lowest BCUT2D eigenvalue weighted by Gasteiger charge is -2.26. The van der Waals surface area contributed by atoms with Crippen LogP contribution in [0.4, 0.5) is 68.2 Å². The zero-order valence-electron chi connectivity index (χ0n) is 58.2. The number of fused-ring (bicyclic) bond motifs is 2. The quantitative estimate of drug-likeness (QED) is 0.0849. The van der Waals surface area contributed by atoms with E-state index in [2.05, 4.69) is 455 Å². The Morgan fingerprint density at radius 1 is 0.160 bits per heavy atom. The summed E-state index contributed by atoms with van der Waals surface area (Å²) in [5.41, 5.74) is 27.8. The predicted octanol–water partition coefficient (Wildman–Crippen LogP) is 29.7. The van der Waals surface area contributed by atoms with E-state index in [0.717, 1.165) is 62.6 Å². The van der Waals surface area contributed by atoms with E-state index in [9.17, 15) is 0 Å². The number of anilines is 12. The fourth-order valence-corrected chi connectivity index (χ4v) is 15.8. The molecule has 0 radical (unpaired) electrons. The monoisotopic (exact) mass is 1390 g/mol. The summed E-state index contributed by atoms with van der Waals surface area (Å²) >= 11 is 3.56. The third kappa shape index (κ3) is 14.3. The first-order valence-corrected chi connectivity index (χ1v) is 37.6. The van der Waals surface area contributed by atoms with Gasteiger partial charge in [-0.3, -0.25) is 0 Å². The van der Waals surface area contributed by atoms with Crippen molar-refractivity contribution < 1.29 is 0 Å². The van der Waals surface area contributed by atoms with Crippen molar-refractivity contribution in [1.29, 1.82) is 0 Å². The molecule has 0 bridgehead atoms. The van der Waals surface area contributed by atoms with Gasteiger partial charge in [-0.1, -0.05) is 273 Å². The third-order valence-corrected chi connectivity index (χ3v) is 21.4. The second kappa shape index (κ2) is 30.7. The van der Waals surface area contributed by atoms with Crippen LogP contribution in [0, 0.1) is 0 Å². The van der Waals surface area contributed by atoms with E-state index in [1.807, 2.05) is 0 Å². The van der Waals surface area contributed by atoms with Crippen molar-refractivity contribution in [2.45, 2.75) is 0 Å². The molecule has 4 nitrogen and oxygen atoms in total. The van der Waals surface area contributed by atoms with E-state index in [1.54, 1.807) is 22.7 Å². The molecule has 16 aromatic carbocycles. The number of rotatable bonds is 18. The zero-order chi connectivity index (χ0) is 70.8. The minimum atomic E-state index is 1.10. The Labute approximate surface area is 628 Å². The largest absolute Gasteiger partial charge is 0.311 e. The molecule has 18 aromatic rings. The second-order valence-corrected chi connectivity index (χ2v) is 28.0. The summed E-state index contributed by atoms with van der Waals surface area (Å²) in [5, 5.41) is 6.94. The molecule has 2 heterocycles. The minimum Gasteiger partial charge on any atom is -0.311 e. The average molecular weight is 1390 g/mol. The molecule has 0 amide bonds. The van der Waals surface area contributed by atoms with Crippen LogP contribution >= 0.6 is 22.7 Å². The molecule has 0 unspecified atom stereocenters. The number of para-hydroxylation sites is 2. The Kier molecular flexibility index (Phi) is 19.1. The van der Waals surface area contributed by atoms with Crippen LogP contribution < -0.4 is 19.6 Å². The van der Waals surface area contributed by atoms with Gasteiger partial charge < -0.3 is 19.6 Å². The van der Waals surface area contributed by atoms with Gasteiger partial charge in [-0.2, -0.15) is 0 Å². The van der Waals surface area contributed by atoms with Crippen molar-refractivity contribution in [3.05, 3.63) is 435 Å². The molecule has 0 N–H and O–H groups in total. The number of thiophene rings is 2. The Balaban J connectivity index is 0.000000156. The minimum absolute atomic E-state index is 1.10. The van der Waals surface area contributed by atoms with Crippen molar-refractivity contribution in [2.24, 2.45) is 0 Å². The number of nitrogens with zero attached hydrogens (tertiary/aromatic N) is 4. The Morgan fingerprint density at radius 3 is 0.717 bits per heavy atom. The van der Waals surface area contributed by atoms with Gasteiger partial charge in [0.2, 0.25) is 0 Å². The first kappa shape index (κ1) is 65.9. The molecule has 0 aliphatic heterocycles. The van der Waals surface area contributed by atoms with E-state index in [0.29, 0.717) is 0 Å². The van der Waals surface area contributed by atoms with Gasteiger partial charge in [0.1, 0.15) is 0 Å². The second-order valence-electron chi connectivity index (χ2n) is 26.1. The highest BCUT2D eigenvalue weighted by molar-refractivity contribution is 7.18.